The largest absolute Gasteiger partial charge is 0.496 e. The molecule has 0 spiro atoms. The number of carbonyl (C=O) groups is 1. The van der Waals surface area contributed by atoms with Crippen molar-refractivity contribution in [3.63, 3.8) is 0 Å². The van der Waals surface area contributed by atoms with E-state index in [-0.39, 0.29) is 11.1 Å². The summed E-state index contributed by atoms with van der Waals surface area (Å²) in [5.74, 6) is -0.193. The Kier molecular flexibility index (Phi) is 4.37. The summed E-state index contributed by atoms with van der Waals surface area (Å²) in [7, 11) is 1.46. The molecule has 0 saturated carbocycles. The van der Waals surface area contributed by atoms with Gasteiger partial charge in [-0.1, -0.05) is 18.2 Å². The number of benzene rings is 2. The lowest BCUT2D eigenvalue weighted by Gasteiger charge is -2.12. The molecule has 0 radical (unpaired) electrons. The number of hydrogen-bond acceptors (Lipinski definition) is 2. The van der Waals surface area contributed by atoms with Gasteiger partial charge in [0, 0.05) is 11.1 Å². The zero-order valence-corrected chi connectivity index (χ0v) is 12.5. The van der Waals surface area contributed by atoms with Crippen LogP contribution in [0, 0.1) is 0 Å². The van der Waals surface area contributed by atoms with Crippen LogP contribution >= 0.6 is 15.9 Å². The first-order valence-electron chi connectivity index (χ1n) is 5.89. The van der Waals surface area contributed by atoms with Crippen LogP contribution in [0.25, 0.3) is 0 Å². The number of hydrogen-bond donors (Lipinski definition) is 0. The van der Waals surface area contributed by atoms with Crippen molar-refractivity contribution in [2.45, 2.75) is 6.18 Å². The Hall–Kier alpha value is -1.82. The number of alkyl halides is 3. The second-order valence-electron chi connectivity index (χ2n) is 4.22. The van der Waals surface area contributed by atoms with Gasteiger partial charge in [0.15, 0.2) is 5.78 Å². The van der Waals surface area contributed by atoms with Crippen LogP contribution in [-0.2, 0) is 6.18 Å². The van der Waals surface area contributed by atoms with Crippen LogP contribution in [0.15, 0.2) is 46.9 Å². The van der Waals surface area contributed by atoms with Crippen molar-refractivity contribution in [2.75, 3.05) is 7.11 Å². The zero-order chi connectivity index (χ0) is 15.6. The van der Waals surface area contributed by atoms with E-state index in [1.54, 1.807) is 0 Å². The maximum atomic E-state index is 12.9. The van der Waals surface area contributed by atoms with Crippen molar-refractivity contribution >= 4 is 21.7 Å². The van der Waals surface area contributed by atoms with Gasteiger partial charge in [0.25, 0.3) is 0 Å². The van der Waals surface area contributed by atoms with Crippen molar-refractivity contribution in [1.29, 1.82) is 0 Å². The number of carbonyl (C=O) groups excluding carboxylic acids is 1. The highest BCUT2D eigenvalue weighted by Gasteiger charge is 2.35. The SMILES string of the molecule is COc1ccc(C(=O)c2ccccc2C(F)(F)F)cc1Br. The van der Waals surface area contributed by atoms with Gasteiger partial charge in [-0.2, -0.15) is 13.2 Å². The van der Waals surface area contributed by atoms with Crippen molar-refractivity contribution in [1.82, 2.24) is 0 Å². The molecule has 0 aliphatic heterocycles. The van der Waals surface area contributed by atoms with Crippen LogP contribution < -0.4 is 4.74 Å². The molecule has 0 fully saturated rings. The van der Waals surface area contributed by atoms with E-state index in [0.717, 1.165) is 6.07 Å². The first kappa shape index (κ1) is 15.6. The smallest absolute Gasteiger partial charge is 0.417 e. The van der Waals surface area contributed by atoms with Gasteiger partial charge >= 0.3 is 6.18 Å². The summed E-state index contributed by atoms with van der Waals surface area (Å²) in [5.41, 5.74) is -1.16. The third kappa shape index (κ3) is 3.26. The summed E-state index contributed by atoms with van der Waals surface area (Å²) in [6.45, 7) is 0. The Balaban J connectivity index is 2.48. The fourth-order valence-corrected chi connectivity index (χ4v) is 2.43. The first-order valence-corrected chi connectivity index (χ1v) is 6.68. The molecule has 110 valence electrons. The standard InChI is InChI=1S/C15H10BrF3O2/c1-21-13-7-6-9(8-12(13)16)14(20)10-4-2-3-5-11(10)15(17,18)19/h2-8H,1H3. The molecule has 2 aromatic rings. The Morgan fingerprint density at radius 2 is 1.81 bits per heavy atom. The Bertz CT molecular complexity index is 681. The molecule has 0 atom stereocenters. The summed E-state index contributed by atoms with van der Waals surface area (Å²) in [4.78, 5) is 12.3. The molecule has 0 aromatic heterocycles. The monoisotopic (exact) mass is 358 g/mol. The average Bonchev–Trinajstić information content (AvgIpc) is 2.45. The molecule has 2 rings (SSSR count). The Labute approximate surface area is 127 Å². The molecule has 0 aliphatic rings. The number of methoxy groups -OCH3 is 1. The fourth-order valence-electron chi connectivity index (χ4n) is 1.89. The first-order chi connectivity index (χ1) is 9.84. The topological polar surface area (TPSA) is 26.3 Å². The summed E-state index contributed by atoms with van der Waals surface area (Å²) in [5, 5.41) is 0. The van der Waals surface area contributed by atoms with Gasteiger partial charge in [-0.15, -0.1) is 0 Å². The molecule has 21 heavy (non-hydrogen) atoms. The summed E-state index contributed by atoms with van der Waals surface area (Å²) in [6.07, 6.45) is -4.57. The highest BCUT2D eigenvalue weighted by atomic mass is 79.9. The van der Waals surface area contributed by atoms with Crippen LogP contribution in [0.5, 0.6) is 5.75 Å². The average molecular weight is 359 g/mol. The van der Waals surface area contributed by atoms with Gasteiger partial charge < -0.3 is 4.74 Å². The lowest BCUT2D eigenvalue weighted by atomic mass is 9.98. The molecule has 2 nitrogen and oxygen atoms in total. The van der Waals surface area contributed by atoms with E-state index in [1.807, 2.05) is 0 Å². The van der Waals surface area contributed by atoms with E-state index in [4.69, 9.17) is 4.74 Å². The molecule has 0 saturated heterocycles. The highest BCUT2D eigenvalue weighted by molar-refractivity contribution is 9.10. The Morgan fingerprint density at radius 1 is 1.14 bits per heavy atom. The molecule has 0 bridgehead atoms. The van der Waals surface area contributed by atoms with Crippen LogP contribution in [0.3, 0.4) is 0 Å². The number of ketones is 1. The van der Waals surface area contributed by atoms with Gasteiger partial charge in [-0.3, -0.25) is 4.79 Å². The van der Waals surface area contributed by atoms with Crippen molar-refractivity contribution < 1.29 is 22.7 Å². The summed E-state index contributed by atoms with van der Waals surface area (Å²) < 4.78 is 44.3. The molecule has 0 N–H and O–H groups in total. The second kappa shape index (κ2) is 5.89. The fraction of sp³-hybridized carbons (Fsp3) is 0.133. The second-order valence-corrected chi connectivity index (χ2v) is 5.08. The molecule has 0 heterocycles. The predicted octanol–water partition coefficient (Wildman–Crippen LogP) is 4.71. The van der Waals surface area contributed by atoms with E-state index in [2.05, 4.69) is 15.9 Å². The van der Waals surface area contributed by atoms with E-state index in [9.17, 15) is 18.0 Å². The predicted molar refractivity (Wildman–Crippen MR) is 75.6 cm³/mol. The Morgan fingerprint density at radius 3 is 2.38 bits per heavy atom. The molecule has 2 aromatic carbocycles. The lowest BCUT2D eigenvalue weighted by molar-refractivity contribution is -0.137. The van der Waals surface area contributed by atoms with E-state index >= 15 is 0 Å². The molecule has 0 aliphatic carbocycles. The van der Waals surface area contributed by atoms with Crippen molar-refractivity contribution in [2.24, 2.45) is 0 Å². The quantitative estimate of drug-likeness (QED) is 0.743. The maximum absolute atomic E-state index is 12.9. The molecule has 0 amide bonds. The summed E-state index contributed by atoms with van der Waals surface area (Å²) in [6, 6.07) is 9.11. The van der Waals surface area contributed by atoms with Gasteiger partial charge in [0.2, 0.25) is 0 Å². The van der Waals surface area contributed by atoms with Crippen LogP contribution in [0.2, 0.25) is 0 Å². The zero-order valence-electron chi connectivity index (χ0n) is 10.9. The number of ether oxygens (including phenoxy) is 1. The van der Waals surface area contributed by atoms with Gasteiger partial charge in [0.1, 0.15) is 5.75 Å². The number of halogens is 4. The van der Waals surface area contributed by atoms with Crippen LogP contribution in [-0.4, -0.2) is 12.9 Å². The molecule has 0 unspecified atom stereocenters. The molecular weight excluding hydrogens is 349 g/mol. The van der Waals surface area contributed by atoms with Gasteiger partial charge in [-0.05, 0) is 40.2 Å². The van der Waals surface area contributed by atoms with E-state index < -0.39 is 17.5 Å². The maximum Gasteiger partial charge on any atom is 0.417 e. The van der Waals surface area contributed by atoms with Crippen molar-refractivity contribution in [3.05, 3.63) is 63.6 Å². The van der Waals surface area contributed by atoms with Crippen LogP contribution in [0.4, 0.5) is 13.2 Å². The lowest BCUT2D eigenvalue weighted by Crippen LogP contribution is -2.13. The molecule has 6 heteroatoms. The minimum absolute atomic E-state index is 0.152. The molecular formula is C15H10BrF3O2. The third-order valence-corrected chi connectivity index (χ3v) is 3.51. The number of rotatable bonds is 3. The summed E-state index contributed by atoms with van der Waals surface area (Å²) >= 11 is 3.21. The normalized spacial score (nSPS) is 11.3. The third-order valence-electron chi connectivity index (χ3n) is 2.89. The van der Waals surface area contributed by atoms with E-state index in [1.165, 1.54) is 43.5 Å². The minimum Gasteiger partial charge on any atom is -0.496 e. The van der Waals surface area contributed by atoms with E-state index in [0.29, 0.717) is 10.2 Å². The minimum atomic E-state index is -4.57. The highest BCUT2D eigenvalue weighted by Crippen LogP contribution is 2.33. The van der Waals surface area contributed by atoms with Crippen molar-refractivity contribution in [3.8, 4) is 5.75 Å². The van der Waals surface area contributed by atoms with Gasteiger partial charge in [-0.25, -0.2) is 0 Å². The van der Waals surface area contributed by atoms with Crippen LogP contribution in [0.1, 0.15) is 21.5 Å². The van der Waals surface area contributed by atoms with Gasteiger partial charge in [0.05, 0.1) is 17.1 Å².